The van der Waals surface area contributed by atoms with Gasteiger partial charge < -0.3 is 9.80 Å². The fraction of sp³-hybridized carbons (Fsp3) is 0.727. The van der Waals surface area contributed by atoms with Crippen molar-refractivity contribution in [3.8, 4) is 0 Å². The highest BCUT2D eigenvalue weighted by Gasteiger charge is 2.35. The number of hydrogen-bond donors (Lipinski definition) is 2. The Bertz CT molecular complexity index is 478. The molecule has 24 heavy (non-hydrogen) atoms. The number of rotatable bonds is 3. The molecule has 0 radical (unpaired) electrons. The normalized spacial score (nSPS) is 35.7. The molecule has 3 aliphatic rings. The van der Waals surface area contributed by atoms with E-state index in [2.05, 4.69) is 30.3 Å². The molecule has 132 valence electrons. The molecule has 0 spiro atoms. The van der Waals surface area contributed by atoms with Gasteiger partial charge in [0.25, 0.3) is 0 Å². The van der Waals surface area contributed by atoms with Crippen LogP contribution in [0, 0.1) is 0 Å². The van der Waals surface area contributed by atoms with Gasteiger partial charge in [0, 0.05) is 12.8 Å². The fourth-order valence-electron chi connectivity index (χ4n) is 5.78. The average Bonchev–Trinajstić information content (AvgIpc) is 2.70. The van der Waals surface area contributed by atoms with E-state index >= 15 is 0 Å². The Labute approximate surface area is 148 Å². The predicted octanol–water partition coefficient (Wildman–Crippen LogP) is 1.83. The van der Waals surface area contributed by atoms with Gasteiger partial charge in [-0.1, -0.05) is 30.3 Å². The van der Waals surface area contributed by atoms with Gasteiger partial charge in [-0.15, -0.1) is 0 Å². The summed E-state index contributed by atoms with van der Waals surface area (Å²) in [7, 11) is 0. The van der Waals surface area contributed by atoms with Crippen LogP contribution in [0.3, 0.4) is 0 Å². The largest absolute Gasteiger partial charge is 0.332 e. The molecule has 1 aliphatic carbocycles. The maximum Gasteiger partial charge on any atom is 0.0983 e. The number of piperidine rings is 2. The van der Waals surface area contributed by atoms with Crippen molar-refractivity contribution in [1.29, 1.82) is 0 Å². The van der Waals surface area contributed by atoms with Gasteiger partial charge in [-0.3, -0.25) is 0 Å². The number of quaternary nitrogens is 2. The van der Waals surface area contributed by atoms with Crippen molar-refractivity contribution in [2.75, 3.05) is 26.2 Å². The predicted molar refractivity (Wildman–Crippen MR) is 99.7 cm³/mol. The minimum Gasteiger partial charge on any atom is -0.332 e. The molecule has 2 heteroatoms. The summed E-state index contributed by atoms with van der Waals surface area (Å²) in [5, 5.41) is 0. The summed E-state index contributed by atoms with van der Waals surface area (Å²) in [6.45, 7) is 5.83. The molecule has 1 saturated carbocycles. The van der Waals surface area contributed by atoms with Crippen molar-refractivity contribution in [2.45, 2.75) is 75.8 Å². The summed E-state index contributed by atoms with van der Waals surface area (Å²) in [6, 6.07) is 13.2. The third-order valence-corrected chi connectivity index (χ3v) is 7.28. The first-order valence-corrected chi connectivity index (χ1v) is 10.6. The number of benzene rings is 1. The molecule has 2 saturated heterocycles. The van der Waals surface area contributed by atoms with Crippen LogP contribution in [0.4, 0.5) is 0 Å². The first-order valence-electron chi connectivity index (χ1n) is 10.6. The molecular formula is C22H36N2+2. The maximum atomic E-state index is 2.34. The number of hydrogen-bond acceptors (Lipinski definition) is 0. The van der Waals surface area contributed by atoms with E-state index in [1.165, 1.54) is 84.0 Å². The monoisotopic (exact) mass is 328 g/mol. The van der Waals surface area contributed by atoms with E-state index in [4.69, 9.17) is 0 Å². The van der Waals surface area contributed by atoms with Gasteiger partial charge in [0.05, 0.1) is 38.3 Å². The molecule has 0 unspecified atom stereocenters. The lowest BCUT2D eigenvalue weighted by Gasteiger charge is -2.40. The third-order valence-electron chi connectivity index (χ3n) is 7.28. The van der Waals surface area contributed by atoms with Crippen molar-refractivity contribution in [1.82, 2.24) is 0 Å². The van der Waals surface area contributed by atoms with Gasteiger partial charge in [-0.05, 0) is 56.4 Å². The van der Waals surface area contributed by atoms with Crippen molar-refractivity contribution >= 4 is 0 Å². The third kappa shape index (κ3) is 3.86. The zero-order chi connectivity index (χ0) is 16.2. The highest BCUT2D eigenvalue weighted by Crippen LogP contribution is 2.32. The molecule has 3 fully saturated rings. The van der Waals surface area contributed by atoms with E-state index in [0.29, 0.717) is 0 Å². The lowest BCUT2D eigenvalue weighted by atomic mass is 9.80. The van der Waals surface area contributed by atoms with Crippen LogP contribution in [-0.2, 0) is 0 Å². The van der Waals surface area contributed by atoms with Gasteiger partial charge >= 0.3 is 0 Å². The van der Waals surface area contributed by atoms with Crippen molar-refractivity contribution in [3.63, 3.8) is 0 Å². The molecule has 1 aromatic carbocycles. The Hall–Kier alpha value is -0.860. The van der Waals surface area contributed by atoms with Gasteiger partial charge in [0.2, 0.25) is 0 Å². The summed E-state index contributed by atoms with van der Waals surface area (Å²) in [5.41, 5.74) is 1.58. The first kappa shape index (κ1) is 16.6. The van der Waals surface area contributed by atoms with E-state index in [1.54, 1.807) is 5.56 Å². The smallest absolute Gasteiger partial charge is 0.0983 e. The molecule has 0 aromatic heterocycles. The zero-order valence-electron chi connectivity index (χ0n) is 15.3. The molecule has 2 nitrogen and oxygen atoms in total. The van der Waals surface area contributed by atoms with E-state index < -0.39 is 0 Å². The summed E-state index contributed by atoms with van der Waals surface area (Å²) in [5.74, 6) is 0.831. The Morgan fingerprint density at radius 1 is 0.583 bits per heavy atom. The molecule has 2 heterocycles. The van der Waals surface area contributed by atoms with Crippen LogP contribution in [0.15, 0.2) is 30.3 Å². The Morgan fingerprint density at radius 2 is 1.17 bits per heavy atom. The molecule has 0 bridgehead atoms. The summed E-state index contributed by atoms with van der Waals surface area (Å²) < 4.78 is 0. The van der Waals surface area contributed by atoms with E-state index in [-0.39, 0.29) is 0 Å². The number of nitrogens with one attached hydrogen (secondary N) is 2. The second-order valence-electron chi connectivity index (χ2n) is 8.61. The summed E-state index contributed by atoms with van der Waals surface area (Å²) >= 11 is 0. The van der Waals surface area contributed by atoms with Gasteiger partial charge in [0.1, 0.15) is 0 Å². The summed E-state index contributed by atoms with van der Waals surface area (Å²) in [6.07, 6.45) is 13.2. The lowest BCUT2D eigenvalue weighted by Crippen LogP contribution is -3.22. The molecule has 1 aromatic rings. The van der Waals surface area contributed by atoms with Crippen LogP contribution in [0.25, 0.3) is 0 Å². The quantitative estimate of drug-likeness (QED) is 0.838. The van der Waals surface area contributed by atoms with E-state index in [1.807, 2.05) is 9.80 Å². The van der Waals surface area contributed by atoms with Crippen LogP contribution in [-0.4, -0.2) is 38.3 Å². The van der Waals surface area contributed by atoms with Crippen LogP contribution in [0.1, 0.15) is 69.3 Å². The van der Waals surface area contributed by atoms with E-state index in [9.17, 15) is 0 Å². The van der Waals surface area contributed by atoms with Gasteiger partial charge in [-0.25, -0.2) is 0 Å². The number of likely N-dealkylation sites (tertiary alicyclic amines) is 2. The molecule has 2 aliphatic heterocycles. The lowest BCUT2D eigenvalue weighted by molar-refractivity contribution is -0.971. The van der Waals surface area contributed by atoms with Crippen molar-refractivity contribution < 1.29 is 9.80 Å². The van der Waals surface area contributed by atoms with Crippen LogP contribution < -0.4 is 9.80 Å². The highest BCUT2D eigenvalue weighted by molar-refractivity contribution is 5.19. The minimum absolute atomic E-state index is 0.831. The van der Waals surface area contributed by atoms with Crippen molar-refractivity contribution in [2.24, 2.45) is 0 Å². The molecule has 0 atom stereocenters. The second kappa shape index (κ2) is 8.01. The highest BCUT2D eigenvalue weighted by atomic mass is 15.2. The van der Waals surface area contributed by atoms with E-state index in [0.717, 1.165) is 18.0 Å². The van der Waals surface area contributed by atoms with Crippen LogP contribution in [0.5, 0.6) is 0 Å². The Kier molecular flexibility index (Phi) is 5.54. The standard InChI is InChI=1S/C22H34N2/c1-3-7-19(8-4-1)20-9-11-21(12-10-20)24-17-13-22(14-18-24)23-15-5-2-6-16-23/h1,3-4,7-8,20-22H,2,5-6,9-18H2/p+2. The summed E-state index contributed by atoms with van der Waals surface area (Å²) in [4.78, 5) is 3.90. The Balaban J connectivity index is 1.24. The molecule has 4 rings (SSSR count). The SMILES string of the molecule is c1ccc(C2CCC([NH+]3CCC([NH+]4CCCCC4)CC3)CC2)cc1. The average molecular weight is 329 g/mol. The topological polar surface area (TPSA) is 8.88 Å². The minimum atomic E-state index is 0.831. The fourth-order valence-corrected chi connectivity index (χ4v) is 5.78. The zero-order valence-corrected chi connectivity index (χ0v) is 15.3. The maximum absolute atomic E-state index is 2.34. The second-order valence-corrected chi connectivity index (χ2v) is 8.61. The first-order chi connectivity index (χ1) is 11.9. The molecular weight excluding hydrogens is 292 g/mol. The van der Waals surface area contributed by atoms with Gasteiger partial charge in [0.15, 0.2) is 0 Å². The molecule has 0 amide bonds. The van der Waals surface area contributed by atoms with Crippen LogP contribution >= 0.6 is 0 Å². The molecule has 2 N–H and O–H groups in total. The van der Waals surface area contributed by atoms with Crippen LogP contribution in [0.2, 0.25) is 0 Å². The van der Waals surface area contributed by atoms with Crippen molar-refractivity contribution in [3.05, 3.63) is 35.9 Å². The van der Waals surface area contributed by atoms with Gasteiger partial charge in [-0.2, -0.15) is 0 Å². The Morgan fingerprint density at radius 3 is 1.83 bits per heavy atom.